The Morgan fingerprint density at radius 1 is 1.50 bits per heavy atom. The van der Waals surface area contributed by atoms with E-state index in [1.807, 2.05) is 19.1 Å². The molecule has 0 saturated carbocycles. The van der Waals surface area contributed by atoms with Crippen LogP contribution in [0.15, 0.2) is 22.7 Å². The third-order valence-electron chi connectivity index (χ3n) is 2.53. The summed E-state index contributed by atoms with van der Waals surface area (Å²) in [5, 5.41) is 9.92. The molecule has 0 radical (unpaired) electrons. The smallest absolute Gasteiger partial charge is 0.0874 e. The molecule has 0 amide bonds. The first-order valence-corrected chi connectivity index (χ1v) is 4.90. The minimum Gasteiger partial charge on any atom is -0.385 e. The van der Waals surface area contributed by atoms with Gasteiger partial charge in [-0.2, -0.15) is 0 Å². The first-order chi connectivity index (χ1) is 5.59. The lowest BCUT2D eigenvalue weighted by Crippen LogP contribution is -2.15. The number of halogens is 1. The Hall–Kier alpha value is -0.340. The van der Waals surface area contributed by atoms with Crippen molar-refractivity contribution in [3.63, 3.8) is 0 Å². The Kier molecular flexibility index (Phi) is 1.77. The van der Waals surface area contributed by atoms with E-state index >= 15 is 0 Å². The molecule has 1 aliphatic rings. The summed E-state index contributed by atoms with van der Waals surface area (Å²) in [4.78, 5) is 0. The molecule has 0 fully saturated rings. The van der Waals surface area contributed by atoms with Crippen LogP contribution in [0.3, 0.4) is 0 Å². The lowest BCUT2D eigenvalue weighted by molar-refractivity contribution is 0.0595. The summed E-state index contributed by atoms with van der Waals surface area (Å²) in [6, 6.07) is 6.09. The molecule has 0 aromatic heterocycles. The molecule has 1 aromatic rings. The van der Waals surface area contributed by atoms with E-state index in [1.165, 1.54) is 5.56 Å². The fourth-order valence-electron chi connectivity index (χ4n) is 1.81. The number of hydrogen-bond donors (Lipinski definition) is 1. The Morgan fingerprint density at radius 3 is 3.00 bits per heavy atom. The molecule has 1 unspecified atom stereocenters. The van der Waals surface area contributed by atoms with Crippen molar-refractivity contribution in [1.29, 1.82) is 0 Å². The van der Waals surface area contributed by atoms with Gasteiger partial charge >= 0.3 is 0 Å². The zero-order valence-electron chi connectivity index (χ0n) is 6.97. The van der Waals surface area contributed by atoms with Crippen LogP contribution in [-0.2, 0) is 12.0 Å². The van der Waals surface area contributed by atoms with Crippen molar-refractivity contribution in [2.24, 2.45) is 0 Å². The van der Waals surface area contributed by atoms with Crippen molar-refractivity contribution in [1.82, 2.24) is 0 Å². The van der Waals surface area contributed by atoms with Gasteiger partial charge in [0.2, 0.25) is 0 Å². The van der Waals surface area contributed by atoms with E-state index in [4.69, 9.17) is 0 Å². The Balaban J connectivity index is 2.55. The molecule has 12 heavy (non-hydrogen) atoms. The molecule has 0 spiro atoms. The third-order valence-corrected chi connectivity index (χ3v) is 3.02. The molecule has 1 aromatic carbocycles. The van der Waals surface area contributed by atoms with E-state index < -0.39 is 5.60 Å². The maximum Gasteiger partial charge on any atom is 0.0874 e. The Morgan fingerprint density at radius 2 is 2.25 bits per heavy atom. The van der Waals surface area contributed by atoms with Crippen molar-refractivity contribution < 1.29 is 5.11 Å². The topological polar surface area (TPSA) is 20.2 Å². The zero-order chi connectivity index (χ0) is 8.77. The van der Waals surface area contributed by atoms with E-state index in [1.54, 1.807) is 0 Å². The van der Waals surface area contributed by atoms with Crippen LogP contribution < -0.4 is 0 Å². The van der Waals surface area contributed by atoms with Crippen LogP contribution in [-0.4, -0.2) is 5.11 Å². The molecule has 1 aliphatic carbocycles. The second kappa shape index (κ2) is 2.57. The monoisotopic (exact) mass is 226 g/mol. The second-order valence-corrected chi connectivity index (χ2v) is 4.49. The summed E-state index contributed by atoms with van der Waals surface area (Å²) in [6.07, 6.45) is 1.83. The highest BCUT2D eigenvalue weighted by Gasteiger charge is 2.31. The van der Waals surface area contributed by atoms with Crippen LogP contribution in [0.4, 0.5) is 0 Å². The van der Waals surface area contributed by atoms with Crippen molar-refractivity contribution in [3.05, 3.63) is 33.8 Å². The summed E-state index contributed by atoms with van der Waals surface area (Å²) in [7, 11) is 0. The second-order valence-electron chi connectivity index (χ2n) is 3.58. The summed E-state index contributed by atoms with van der Waals surface area (Å²) >= 11 is 3.42. The van der Waals surface area contributed by atoms with E-state index in [-0.39, 0.29) is 0 Å². The first-order valence-electron chi connectivity index (χ1n) is 4.11. The molecular weight excluding hydrogens is 216 g/mol. The number of aryl methyl sites for hydroxylation is 1. The van der Waals surface area contributed by atoms with Crippen LogP contribution >= 0.6 is 15.9 Å². The molecule has 1 atom stereocenters. The highest BCUT2D eigenvalue weighted by Crippen LogP contribution is 2.37. The van der Waals surface area contributed by atoms with Gasteiger partial charge in [0.15, 0.2) is 0 Å². The van der Waals surface area contributed by atoms with Crippen molar-refractivity contribution >= 4 is 15.9 Å². The predicted octanol–water partition coefficient (Wildman–Crippen LogP) is 2.60. The molecule has 1 nitrogen and oxygen atoms in total. The van der Waals surface area contributed by atoms with Gasteiger partial charge in [0.05, 0.1) is 5.60 Å². The van der Waals surface area contributed by atoms with Crippen LogP contribution in [0.25, 0.3) is 0 Å². The van der Waals surface area contributed by atoms with Gasteiger partial charge < -0.3 is 5.11 Å². The molecule has 0 bridgehead atoms. The van der Waals surface area contributed by atoms with Gasteiger partial charge in [-0.05, 0) is 43.0 Å². The zero-order valence-corrected chi connectivity index (χ0v) is 8.56. The largest absolute Gasteiger partial charge is 0.385 e. The van der Waals surface area contributed by atoms with E-state index in [9.17, 15) is 5.11 Å². The Bertz CT molecular complexity index is 318. The number of aliphatic hydroxyl groups is 1. The minimum atomic E-state index is -0.601. The van der Waals surface area contributed by atoms with Gasteiger partial charge in [-0.3, -0.25) is 0 Å². The van der Waals surface area contributed by atoms with E-state index in [2.05, 4.69) is 22.0 Å². The maximum atomic E-state index is 9.92. The normalized spacial score (nSPS) is 27.2. The fourth-order valence-corrected chi connectivity index (χ4v) is 2.22. The summed E-state index contributed by atoms with van der Waals surface area (Å²) in [5.41, 5.74) is 1.76. The van der Waals surface area contributed by atoms with Crippen LogP contribution in [0, 0.1) is 0 Å². The van der Waals surface area contributed by atoms with Crippen LogP contribution in [0.5, 0.6) is 0 Å². The quantitative estimate of drug-likeness (QED) is 0.722. The molecule has 0 aliphatic heterocycles. The van der Waals surface area contributed by atoms with Gasteiger partial charge in [0.1, 0.15) is 0 Å². The van der Waals surface area contributed by atoms with Crippen molar-refractivity contribution in [3.8, 4) is 0 Å². The fraction of sp³-hybridized carbons (Fsp3) is 0.400. The van der Waals surface area contributed by atoms with E-state index in [0.29, 0.717) is 0 Å². The summed E-state index contributed by atoms with van der Waals surface area (Å²) in [6.45, 7) is 1.88. The number of rotatable bonds is 0. The average molecular weight is 227 g/mol. The van der Waals surface area contributed by atoms with Crippen LogP contribution in [0.2, 0.25) is 0 Å². The predicted molar refractivity (Wildman–Crippen MR) is 52.0 cm³/mol. The maximum absolute atomic E-state index is 9.92. The molecule has 0 heterocycles. The SMILES string of the molecule is CC1(O)CCc2cc(Br)ccc21. The standard InChI is InChI=1S/C10H11BrO/c1-10(12)5-4-7-6-8(11)2-3-9(7)10/h2-3,6,12H,4-5H2,1H3. The van der Waals surface area contributed by atoms with Crippen molar-refractivity contribution in [2.45, 2.75) is 25.4 Å². The number of hydrogen-bond acceptors (Lipinski definition) is 1. The lowest BCUT2D eigenvalue weighted by atomic mass is 9.99. The first kappa shape index (κ1) is 8.27. The summed E-state index contributed by atoms with van der Waals surface area (Å²) in [5.74, 6) is 0. The highest BCUT2D eigenvalue weighted by atomic mass is 79.9. The van der Waals surface area contributed by atoms with Gasteiger partial charge in [0.25, 0.3) is 0 Å². The molecule has 0 saturated heterocycles. The summed E-state index contributed by atoms with van der Waals surface area (Å²) < 4.78 is 1.10. The van der Waals surface area contributed by atoms with E-state index in [0.717, 1.165) is 22.9 Å². The molecule has 64 valence electrons. The number of benzene rings is 1. The van der Waals surface area contributed by atoms with Gasteiger partial charge in [-0.1, -0.05) is 22.0 Å². The van der Waals surface area contributed by atoms with Gasteiger partial charge in [-0.25, -0.2) is 0 Å². The molecule has 2 rings (SSSR count). The highest BCUT2D eigenvalue weighted by molar-refractivity contribution is 9.10. The minimum absolute atomic E-state index is 0.601. The van der Waals surface area contributed by atoms with Crippen molar-refractivity contribution in [2.75, 3.05) is 0 Å². The van der Waals surface area contributed by atoms with Gasteiger partial charge in [-0.15, -0.1) is 0 Å². The lowest BCUT2D eigenvalue weighted by Gasteiger charge is -2.17. The Labute approximate surface area is 80.5 Å². The van der Waals surface area contributed by atoms with Gasteiger partial charge in [0, 0.05) is 4.47 Å². The average Bonchev–Trinajstić information content (AvgIpc) is 2.27. The van der Waals surface area contributed by atoms with Crippen LogP contribution in [0.1, 0.15) is 24.5 Å². The molecule has 1 N–H and O–H groups in total. The third kappa shape index (κ3) is 1.19. The molecule has 2 heteroatoms. The molecular formula is C10H11BrO. The number of fused-ring (bicyclic) bond motifs is 1.